The number of nitrogens with two attached hydrogens (primary N) is 4. The summed E-state index contributed by atoms with van der Waals surface area (Å²) < 4.78 is 177. The van der Waals surface area contributed by atoms with Crippen molar-refractivity contribution in [3.63, 3.8) is 0 Å². The van der Waals surface area contributed by atoms with Gasteiger partial charge in [-0.05, 0) is 125 Å². The van der Waals surface area contributed by atoms with Crippen molar-refractivity contribution < 1.29 is 223 Å². The van der Waals surface area contributed by atoms with E-state index in [1.54, 1.807) is 0 Å². The summed E-state index contributed by atoms with van der Waals surface area (Å²) in [6.45, 7) is 0. The number of azo groups is 4. The van der Waals surface area contributed by atoms with Gasteiger partial charge in [0.15, 0.2) is 0 Å². The molecule has 8 aromatic rings. The Morgan fingerprint density at radius 2 is 0.714 bits per heavy atom. The van der Waals surface area contributed by atoms with Crippen molar-refractivity contribution in [2.45, 2.75) is 24.5 Å². The van der Waals surface area contributed by atoms with E-state index in [1.165, 1.54) is 48.5 Å². The Hall–Kier alpha value is -4.17. The summed E-state index contributed by atoms with van der Waals surface area (Å²) >= 11 is 0. The van der Waals surface area contributed by atoms with E-state index >= 15 is 0 Å². The summed E-state index contributed by atoms with van der Waals surface area (Å²) in [7, 11) is -25.8. The van der Waals surface area contributed by atoms with Gasteiger partial charge in [0.1, 0.15) is 51.5 Å². The molecule has 8 rings (SSSR count). The van der Waals surface area contributed by atoms with Crippen LogP contribution in [0, 0.1) is 0 Å². The fraction of sp³-hybridized carbons (Fsp3) is 0. The first-order valence-corrected chi connectivity index (χ1v) is 28.3. The van der Waals surface area contributed by atoms with Crippen LogP contribution in [0.3, 0.4) is 0 Å². The molecule has 8 aromatic carbocycles. The minimum Gasteiger partial charge on any atom is -0.871 e. The maximum absolute atomic E-state index is 13.8. The van der Waals surface area contributed by atoms with Gasteiger partial charge in [0.25, 0.3) is 20.2 Å². The molecule has 40 heteroatoms. The van der Waals surface area contributed by atoms with Gasteiger partial charge in [-0.15, -0.1) is 20.5 Å². The van der Waals surface area contributed by atoms with Gasteiger partial charge in [-0.1, -0.05) is 23.6 Å². The van der Waals surface area contributed by atoms with Gasteiger partial charge in [-0.25, -0.2) is 25.3 Å². The van der Waals surface area contributed by atoms with Crippen LogP contribution < -0.4 is 186 Å². The smallest absolute Gasteiger partial charge is 0.871 e. The Bertz CT molecular complexity index is 4650. The Kier molecular flexibility index (Phi) is 25.4. The van der Waals surface area contributed by atoms with E-state index in [9.17, 15) is 75.1 Å². The number of hydrogen-bond donors (Lipinski definition) is 7. The molecule has 0 atom stereocenters. The average Bonchev–Trinajstić information content (AvgIpc) is 2.60. The molecular formula is C44H30N13Na5O17S5. The molecule has 0 aliphatic rings. The van der Waals surface area contributed by atoms with Crippen LogP contribution in [0.4, 0.5) is 79.6 Å². The fourth-order valence-electron chi connectivity index (χ4n) is 7.24. The molecule has 0 saturated carbocycles. The van der Waals surface area contributed by atoms with E-state index in [4.69, 9.17) is 22.9 Å². The number of rotatable bonds is 15. The maximum atomic E-state index is 13.8. The van der Waals surface area contributed by atoms with Gasteiger partial charge in [-0.2, -0.15) is 37.3 Å². The number of fused-ring (bicyclic) bond motifs is 2. The monoisotopic (exact) mass is 1290 g/mol. The summed E-state index contributed by atoms with van der Waals surface area (Å²) in [6.07, 6.45) is 0. The molecule has 0 bridgehead atoms. The normalized spacial score (nSPS) is 12.2. The Balaban J connectivity index is 0.00000370. The van der Waals surface area contributed by atoms with E-state index < -0.39 is 115 Å². The van der Waals surface area contributed by atoms with Gasteiger partial charge in [0, 0.05) is 5.69 Å². The molecule has 0 spiro atoms. The van der Waals surface area contributed by atoms with Crippen molar-refractivity contribution in [2.24, 2.45) is 40.9 Å². The first-order valence-electron chi connectivity index (χ1n) is 21.2. The predicted octanol–water partition coefficient (Wildman–Crippen LogP) is -7.90. The Morgan fingerprint density at radius 1 is 0.369 bits per heavy atom. The van der Waals surface area contributed by atoms with Crippen LogP contribution in [0.25, 0.3) is 21.5 Å². The number of nitrogens with zero attached hydrogens (tertiary/aromatic N) is 8. The van der Waals surface area contributed by atoms with Crippen molar-refractivity contribution >= 4 is 152 Å². The van der Waals surface area contributed by atoms with Crippen molar-refractivity contribution in [3.8, 4) is 11.5 Å². The van der Waals surface area contributed by atoms with Crippen LogP contribution in [-0.2, 0) is 50.6 Å². The van der Waals surface area contributed by atoms with Crippen LogP contribution in [0.1, 0.15) is 0 Å². The minimum absolute atomic E-state index is 0. The van der Waals surface area contributed by atoms with Crippen molar-refractivity contribution in [3.05, 3.63) is 115 Å². The first kappa shape index (κ1) is 74.1. The molecule has 84 heavy (non-hydrogen) atoms. The van der Waals surface area contributed by atoms with E-state index in [0.29, 0.717) is 0 Å². The molecule has 0 unspecified atom stereocenters. The zero-order valence-electron chi connectivity index (χ0n) is 43.9. The summed E-state index contributed by atoms with van der Waals surface area (Å²) in [6, 6.07) is 20.5. The predicted molar refractivity (Wildman–Crippen MR) is 274 cm³/mol. The number of nitrogens with one attached hydrogen (secondary N) is 1. The SMILES string of the molecule is Nc1cc(N)c(S(=O)(=O)[O-])cc1N=Nc1ccc2cc(S(=O)(=O)O)c(N=Nc3ccc(Nc4ccc(N=Nc5c(S(=O)(=O)O)cc6ccc(N=Nc7cc(S(=O)(=O)[O-])c(N)cc7N)cc6c5[O-])cc4S(=O)(=O)[O-])cc3)c([O-])c2c1.[Na+].[Na+].[Na+].[Na+].[Na+]. The van der Waals surface area contributed by atoms with Crippen LogP contribution in [-0.4, -0.2) is 64.9 Å². The molecule has 408 valence electrons. The van der Waals surface area contributed by atoms with Gasteiger partial charge in [-0.3, -0.25) is 9.11 Å². The summed E-state index contributed by atoms with van der Waals surface area (Å²) in [5.41, 5.74) is 18.4. The third kappa shape index (κ3) is 17.3. The molecule has 0 saturated heterocycles. The fourth-order valence-corrected chi connectivity index (χ4v) is 10.4. The van der Waals surface area contributed by atoms with E-state index in [0.717, 1.165) is 66.7 Å². The molecule has 0 aliphatic heterocycles. The quantitative estimate of drug-likeness (QED) is 0.0217. The zero-order chi connectivity index (χ0) is 57.7. The Morgan fingerprint density at radius 3 is 1.10 bits per heavy atom. The van der Waals surface area contributed by atoms with Crippen LogP contribution >= 0.6 is 0 Å². The van der Waals surface area contributed by atoms with Crippen LogP contribution in [0.2, 0.25) is 0 Å². The summed E-state index contributed by atoms with van der Waals surface area (Å²) in [5, 5.41) is 60.2. The van der Waals surface area contributed by atoms with Crippen molar-refractivity contribution in [1.82, 2.24) is 0 Å². The van der Waals surface area contributed by atoms with E-state index in [1.807, 2.05) is 0 Å². The van der Waals surface area contributed by atoms with Crippen LogP contribution in [0.5, 0.6) is 11.5 Å². The molecule has 0 aromatic heterocycles. The molecule has 30 nitrogen and oxygen atoms in total. The number of anilines is 6. The molecule has 0 heterocycles. The topological polar surface area (TPSA) is 541 Å². The molecule has 11 N–H and O–H groups in total. The minimum atomic E-state index is -5.36. The zero-order valence-corrected chi connectivity index (χ0v) is 58.0. The molecule has 0 radical (unpaired) electrons. The van der Waals surface area contributed by atoms with Gasteiger partial charge < -0.3 is 52.1 Å². The standard InChI is InChI=1S/C44H35N13O17S5.5Na/c45-29-16-31(47)36(75(60,61)62)18-34(29)54-51-24-3-1-20-11-39(78(69,70)71)41(43(58)27(20)13-24)56-50-23-7-5-22(6-8-23)49-33-10-9-26(15-38(33)77(66,67)68)53-57-42-40(79(72,73)74)12-21-2-4-25(14-28(21)44(42)59)52-55-35-19-37(76(63,64)65)32(48)17-30(35)46;;;;;/h1-19,49,58-59H,45-48H2,(H,60,61,62)(H,63,64,65)(H,66,67,68)(H,69,70,71)(H,72,73,74);;;;;/q;5*+1/p-5. The van der Waals surface area contributed by atoms with Gasteiger partial charge in [0.05, 0.1) is 77.2 Å². The van der Waals surface area contributed by atoms with Gasteiger partial charge in [0.2, 0.25) is 0 Å². The van der Waals surface area contributed by atoms with E-state index in [-0.39, 0.29) is 221 Å². The third-order valence-corrected chi connectivity index (χ3v) is 15.3. The Labute approximate surface area is 587 Å². The second-order valence-corrected chi connectivity index (χ2v) is 23.1. The van der Waals surface area contributed by atoms with Crippen molar-refractivity contribution in [2.75, 3.05) is 28.3 Å². The third-order valence-electron chi connectivity index (χ3n) is 10.9. The average molecular weight is 1290 g/mol. The summed E-state index contributed by atoms with van der Waals surface area (Å²) in [5.74, 6) is -2.22. The second-order valence-electron chi connectivity index (χ2n) is 16.3. The number of nitrogen functional groups attached to an aromatic ring is 4. The number of benzene rings is 8. The van der Waals surface area contributed by atoms with Crippen molar-refractivity contribution in [1.29, 1.82) is 0 Å². The van der Waals surface area contributed by atoms with Crippen LogP contribution in [0.15, 0.2) is 181 Å². The first-order chi connectivity index (χ1) is 36.8. The second kappa shape index (κ2) is 28.8. The molecule has 0 fully saturated rings. The number of hydrogen-bond acceptors (Lipinski definition) is 28. The van der Waals surface area contributed by atoms with Gasteiger partial charge >= 0.3 is 148 Å². The van der Waals surface area contributed by atoms with E-state index in [2.05, 4.69) is 46.2 Å². The molecular weight excluding hydrogens is 1260 g/mol. The largest absolute Gasteiger partial charge is 1.00 e. The molecule has 0 amide bonds. The summed E-state index contributed by atoms with van der Waals surface area (Å²) in [4.78, 5) is -4.53. The maximum Gasteiger partial charge on any atom is 1.00 e. The molecule has 0 aliphatic carbocycles.